The van der Waals surface area contributed by atoms with E-state index in [9.17, 15) is 4.79 Å². The third-order valence-electron chi connectivity index (χ3n) is 4.02. The second kappa shape index (κ2) is 5.00. The summed E-state index contributed by atoms with van der Waals surface area (Å²) < 4.78 is 11.7. The van der Waals surface area contributed by atoms with Crippen molar-refractivity contribution < 1.29 is 13.6 Å². The minimum absolute atomic E-state index is 0.585. The van der Waals surface area contributed by atoms with E-state index in [1.54, 1.807) is 6.07 Å². The summed E-state index contributed by atoms with van der Waals surface area (Å²) >= 11 is 6.14. The van der Waals surface area contributed by atoms with Gasteiger partial charge in [-0.15, -0.1) is 0 Å². The zero-order valence-corrected chi connectivity index (χ0v) is 13.4. The van der Waals surface area contributed by atoms with Gasteiger partial charge in [-0.05, 0) is 55.0 Å². The molecule has 0 radical (unpaired) electrons. The highest BCUT2D eigenvalue weighted by molar-refractivity contribution is 6.32. The van der Waals surface area contributed by atoms with Crippen molar-refractivity contribution in [3.63, 3.8) is 0 Å². The molecule has 0 aliphatic carbocycles. The van der Waals surface area contributed by atoms with Gasteiger partial charge >= 0.3 is 0 Å². The van der Waals surface area contributed by atoms with Crippen LogP contribution in [0.1, 0.15) is 21.9 Å². The van der Waals surface area contributed by atoms with Crippen LogP contribution in [0.4, 0.5) is 0 Å². The van der Waals surface area contributed by atoms with Gasteiger partial charge in [-0.1, -0.05) is 17.7 Å². The van der Waals surface area contributed by atoms with Crippen LogP contribution in [-0.2, 0) is 0 Å². The standard InChI is InChI=1S/C19H13ClO3/c1-10-3-6-17(22-10)18-13-5-4-12(20)8-14(13)16(9-21)15-7-11(2)23-19(15)18/h3-9H,1-2H3. The molecule has 0 amide bonds. The van der Waals surface area contributed by atoms with Crippen LogP contribution in [0.15, 0.2) is 45.2 Å². The van der Waals surface area contributed by atoms with Crippen LogP contribution < -0.4 is 0 Å². The van der Waals surface area contributed by atoms with Crippen LogP contribution in [0.3, 0.4) is 0 Å². The highest BCUT2D eigenvalue weighted by atomic mass is 35.5. The van der Waals surface area contributed by atoms with Crippen LogP contribution in [0.25, 0.3) is 33.1 Å². The lowest BCUT2D eigenvalue weighted by Crippen LogP contribution is -1.89. The molecule has 0 saturated heterocycles. The number of carbonyl (C=O) groups is 1. The van der Waals surface area contributed by atoms with Crippen molar-refractivity contribution >= 4 is 39.6 Å². The van der Waals surface area contributed by atoms with Gasteiger partial charge in [-0.25, -0.2) is 0 Å². The van der Waals surface area contributed by atoms with E-state index in [1.165, 1.54) is 0 Å². The summed E-state index contributed by atoms with van der Waals surface area (Å²) in [5, 5.41) is 3.04. The SMILES string of the molecule is Cc1ccc(-c2c3ccc(Cl)cc3c(C=O)c3cc(C)oc23)o1. The molecular formula is C19H13ClO3. The third-order valence-corrected chi connectivity index (χ3v) is 4.25. The summed E-state index contributed by atoms with van der Waals surface area (Å²) in [5.74, 6) is 2.28. The van der Waals surface area contributed by atoms with Crippen LogP contribution in [0, 0.1) is 13.8 Å². The van der Waals surface area contributed by atoms with E-state index in [1.807, 2.05) is 44.2 Å². The van der Waals surface area contributed by atoms with Crippen LogP contribution in [0.5, 0.6) is 0 Å². The number of hydrogen-bond acceptors (Lipinski definition) is 3. The fourth-order valence-corrected chi connectivity index (χ4v) is 3.24. The number of hydrogen-bond donors (Lipinski definition) is 0. The number of furan rings is 2. The third kappa shape index (κ3) is 2.08. The second-order valence-corrected chi connectivity index (χ2v) is 6.04. The molecule has 0 N–H and O–H groups in total. The van der Waals surface area contributed by atoms with Crippen LogP contribution in [-0.4, -0.2) is 6.29 Å². The van der Waals surface area contributed by atoms with E-state index in [-0.39, 0.29) is 0 Å². The van der Waals surface area contributed by atoms with Crippen molar-refractivity contribution in [3.05, 3.63) is 58.5 Å². The molecular weight excluding hydrogens is 312 g/mol. The molecule has 4 aromatic rings. The summed E-state index contributed by atoms with van der Waals surface area (Å²) in [6, 6.07) is 11.2. The first-order valence-corrected chi connectivity index (χ1v) is 7.63. The van der Waals surface area contributed by atoms with Gasteiger partial charge in [0, 0.05) is 16.0 Å². The molecule has 4 heteroatoms. The number of carbonyl (C=O) groups excluding carboxylic acids is 1. The van der Waals surface area contributed by atoms with E-state index in [2.05, 4.69) is 0 Å². The van der Waals surface area contributed by atoms with E-state index in [0.717, 1.165) is 39.5 Å². The number of aldehydes is 1. The van der Waals surface area contributed by atoms with Crippen molar-refractivity contribution in [1.29, 1.82) is 0 Å². The maximum atomic E-state index is 11.7. The van der Waals surface area contributed by atoms with Gasteiger partial charge < -0.3 is 8.83 Å². The van der Waals surface area contributed by atoms with Gasteiger partial charge in [0.25, 0.3) is 0 Å². The van der Waals surface area contributed by atoms with Crippen molar-refractivity contribution in [1.82, 2.24) is 0 Å². The van der Waals surface area contributed by atoms with Gasteiger partial charge in [0.05, 0.1) is 5.56 Å². The van der Waals surface area contributed by atoms with Crippen molar-refractivity contribution in [3.8, 4) is 11.3 Å². The molecule has 0 saturated carbocycles. The number of fused-ring (bicyclic) bond motifs is 2. The Labute approximate surface area is 137 Å². The van der Waals surface area contributed by atoms with E-state index >= 15 is 0 Å². The van der Waals surface area contributed by atoms with Gasteiger partial charge in [0.2, 0.25) is 0 Å². The number of rotatable bonds is 2. The number of halogens is 1. The molecule has 3 nitrogen and oxygen atoms in total. The Bertz CT molecular complexity index is 1070. The lowest BCUT2D eigenvalue weighted by molar-refractivity contribution is 0.112. The van der Waals surface area contributed by atoms with Gasteiger partial charge in [0.15, 0.2) is 6.29 Å². The first-order chi connectivity index (χ1) is 11.1. The Kier molecular flexibility index (Phi) is 3.06. The number of aryl methyl sites for hydroxylation is 2. The monoisotopic (exact) mass is 324 g/mol. The average Bonchev–Trinajstić information content (AvgIpc) is 3.10. The van der Waals surface area contributed by atoms with E-state index in [4.69, 9.17) is 20.4 Å². The van der Waals surface area contributed by atoms with Crippen molar-refractivity contribution in [2.75, 3.05) is 0 Å². The molecule has 2 aromatic heterocycles. The lowest BCUT2D eigenvalue weighted by atomic mass is 9.95. The van der Waals surface area contributed by atoms with Crippen LogP contribution in [0.2, 0.25) is 5.02 Å². The Morgan fingerprint density at radius 2 is 1.74 bits per heavy atom. The smallest absolute Gasteiger partial charge is 0.151 e. The van der Waals surface area contributed by atoms with Gasteiger partial charge in [0.1, 0.15) is 22.9 Å². The predicted molar refractivity (Wildman–Crippen MR) is 91.3 cm³/mol. The molecule has 0 aliphatic rings. The molecule has 0 atom stereocenters. The molecule has 114 valence electrons. The summed E-state index contributed by atoms with van der Waals surface area (Å²) in [7, 11) is 0. The highest BCUT2D eigenvalue weighted by Crippen LogP contribution is 2.41. The normalized spacial score (nSPS) is 11.4. The van der Waals surface area contributed by atoms with Gasteiger partial charge in [-0.3, -0.25) is 4.79 Å². The van der Waals surface area contributed by atoms with Crippen molar-refractivity contribution in [2.45, 2.75) is 13.8 Å². The lowest BCUT2D eigenvalue weighted by Gasteiger charge is -2.09. The average molecular weight is 325 g/mol. The zero-order chi connectivity index (χ0) is 16.1. The fourth-order valence-electron chi connectivity index (χ4n) is 3.07. The Morgan fingerprint density at radius 3 is 2.43 bits per heavy atom. The molecule has 0 spiro atoms. The molecule has 0 aliphatic heterocycles. The zero-order valence-electron chi connectivity index (χ0n) is 12.6. The van der Waals surface area contributed by atoms with Crippen molar-refractivity contribution in [2.24, 2.45) is 0 Å². The van der Waals surface area contributed by atoms with E-state index in [0.29, 0.717) is 21.9 Å². The Balaban J connectivity index is 2.28. The molecule has 0 unspecified atom stereocenters. The highest BCUT2D eigenvalue weighted by Gasteiger charge is 2.20. The van der Waals surface area contributed by atoms with Gasteiger partial charge in [-0.2, -0.15) is 0 Å². The Hall–Kier alpha value is -2.52. The summed E-state index contributed by atoms with van der Waals surface area (Å²) in [4.78, 5) is 11.7. The van der Waals surface area contributed by atoms with E-state index < -0.39 is 0 Å². The quantitative estimate of drug-likeness (QED) is 0.429. The maximum Gasteiger partial charge on any atom is 0.151 e. The maximum absolute atomic E-state index is 11.7. The molecule has 23 heavy (non-hydrogen) atoms. The summed E-state index contributed by atoms with van der Waals surface area (Å²) in [6.07, 6.45) is 0.854. The largest absolute Gasteiger partial charge is 0.461 e. The molecule has 4 rings (SSSR count). The topological polar surface area (TPSA) is 43.4 Å². The first kappa shape index (κ1) is 14.1. The predicted octanol–water partition coefficient (Wildman–Crippen LogP) is 5.93. The molecule has 0 fully saturated rings. The first-order valence-electron chi connectivity index (χ1n) is 7.26. The fraction of sp³-hybridized carbons (Fsp3) is 0.105. The summed E-state index contributed by atoms with van der Waals surface area (Å²) in [6.45, 7) is 3.76. The van der Waals surface area contributed by atoms with Crippen LogP contribution >= 0.6 is 11.6 Å². The minimum atomic E-state index is 0.585. The molecule has 2 heterocycles. The molecule has 0 bridgehead atoms. The molecule has 2 aromatic carbocycles. The minimum Gasteiger partial charge on any atom is -0.461 e. The second-order valence-electron chi connectivity index (χ2n) is 5.61. The Morgan fingerprint density at radius 1 is 0.913 bits per heavy atom. The number of benzene rings is 2. The summed E-state index contributed by atoms with van der Waals surface area (Å²) in [5.41, 5.74) is 2.09.